The highest BCUT2D eigenvalue weighted by molar-refractivity contribution is 6.32. The Morgan fingerprint density at radius 3 is 2.81 bits per heavy atom. The summed E-state index contributed by atoms with van der Waals surface area (Å²) in [5.41, 5.74) is -0.150. The van der Waals surface area contributed by atoms with Crippen molar-refractivity contribution < 1.29 is 27.8 Å². The van der Waals surface area contributed by atoms with Gasteiger partial charge < -0.3 is 14.5 Å². The maximum Gasteiger partial charge on any atom is 0.360 e. The second-order valence-corrected chi connectivity index (χ2v) is 4.11. The molecule has 0 aromatic carbocycles. The van der Waals surface area contributed by atoms with E-state index in [2.05, 4.69) is 20.0 Å². The van der Waals surface area contributed by atoms with Crippen molar-refractivity contribution in [1.82, 2.24) is 9.97 Å². The van der Waals surface area contributed by atoms with Gasteiger partial charge in [0.1, 0.15) is 11.8 Å². The fourth-order valence-corrected chi connectivity index (χ4v) is 1.49. The van der Waals surface area contributed by atoms with E-state index in [-0.39, 0.29) is 36.4 Å². The van der Waals surface area contributed by atoms with Crippen LogP contribution in [-0.4, -0.2) is 48.1 Å². The summed E-state index contributed by atoms with van der Waals surface area (Å²) in [5.74, 6) is -1.29. The van der Waals surface area contributed by atoms with Crippen molar-refractivity contribution in [2.75, 3.05) is 25.1 Å². The third kappa shape index (κ3) is 6.05. The highest BCUT2D eigenvalue weighted by Gasteiger charge is 2.18. The lowest BCUT2D eigenvalue weighted by Gasteiger charge is -2.03. The lowest BCUT2D eigenvalue weighted by molar-refractivity contribution is -0.117. The van der Waals surface area contributed by atoms with Gasteiger partial charge in [0.2, 0.25) is 11.9 Å². The Balaban J connectivity index is 2.46. The van der Waals surface area contributed by atoms with Gasteiger partial charge in [-0.3, -0.25) is 10.1 Å². The Kier molecular flexibility index (Phi) is 7.03. The molecule has 1 aromatic heterocycles. The van der Waals surface area contributed by atoms with E-state index in [1.54, 1.807) is 6.92 Å². The lowest BCUT2D eigenvalue weighted by Crippen LogP contribution is -2.16. The molecule has 10 heteroatoms. The summed E-state index contributed by atoms with van der Waals surface area (Å²) in [5, 5.41) is 2.25. The van der Waals surface area contributed by atoms with Crippen LogP contribution in [0.1, 0.15) is 23.8 Å². The van der Waals surface area contributed by atoms with Crippen LogP contribution >= 0.6 is 11.6 Å². The van der Waals surface area contributed by atoms with Crippen molar-refractivity contribution in [2.24, 2.45) is 0 Å². The average Bonchev–Trinajstić information content (AvgIpc) is 2.75. The van der Waals surface area contributed by atoms with Gasteiger partial charge in [-0.05, 0) is 6.92 Å². The van der Waals surface area contributed by atoms with Gasteiger partial charge in [0.05, 0.1) is 19.6 Å². The second kappa shape index (κ2) is 8.53. The van der Waals surface area contributed by atoms with Crippen LogP contribution in [0, 0.1) is 0 Å². The summed E-state index contributed by atoms with van der Waals surface area (Å²) < 4.78 is 32.9. The van der Waals surface area contributed by atoms with Gasteiger partial charge in [-0.15, -0.1) is 0 Å². The van der Waals surface area contributed by atoms with E-state index in [4.69, 9.17) is 16.3 Å². The highest BCUT2D eigenvalue weighted by atomic mass is 35.5. The molecule has 0 saturated heterocycles. The van der Waals surface area contributed by atoms with Gasteiger partial charge in [-0.2, -0.15) is 0 Å². The predicted molar refractivity (Wildman–Crippen MR) is 69.6 cm³/mol. The first-order valence-electron chi connectivity index (χ1n) is 6.02. The molecule has 1 rings (SSSR count). The van der Waals surface area contributed by atoms with Crippen molar-refractivity contribution in [3.05, 3.63) is 10.8 Å². The molecule has 0 radical (unpaired) electrons. The molecule has 1 amide bonds. The van der Waals surface area contributed by atoms with Crippen LogP contribution in [0.3, 0.4) is 0 Å². The summed E-state index contributed by atoms with van der Waals surface area (Å²) >= 11 is 5.74. The van der Waals surface area contributed by atoms with Crippen molar-refractivity contribution in [3.8, 4) is 0 Å². The van der Waals surface area contributed by atoms with E-state index in [1.165, 1.54) is 0 Å². The first-order valence-corrected chi connectivity index (χ1v) is 6.40. The van der Waals surface area contributed by atoms with Gasteiger partial charge in [0, 0.05) is 0 Å². The molecule has 21 heavy (non-hydrogen) atoms. The minimum absolute atomic E-state index is 0.0399. The van der Waals surface area contributed by atoms with E-state index in [1.807, 2.05) is 0 Å². The number of rotatable bonds is 8. The summed E-state index contributed by atoms with van der Waals surface area (Å²) in [6, 6.07) is 0. The molecule has 0 spiro atoms. The Morgan fingerprint density at radius 2 is 2.19 bits per heavy atom. The van der Waals surface area contributed by atoms with Crippen LogP contribution < -0.4 is 5.32 Å². The molecule has 7 nitrogen and oxygen atoms in total. The number of carbonyl (C=O) groups excluding carboxylic acids is 2. The number of hydrogen-bond acceptors (Lipinski definition) is 5. The van der Waals surface area contributed by atoms with Crippen molar-refractivity contribution in [1.29, 1.82) is 0 Å². The number of alkyl halides is 2. The zero-order valence-corrected chi connectivity index (χ0v) is 11.9. The quantitative estimate of drug-likeness (QED) is 0.562. The van der Waals surface area contributed by atoms with E-state index in [0.717, 1.165) is 0 Å². The van der Waals surface area contributed by atoms with Gasteiger partial charge in [-0.1, -0.05) is 11.6 Å². The van der Waals surface area contributed by atoms with Gasteiger partial charge in [0.15, 0.2) is 5.69 Å². The number of esters is 1. The standard InChI is InChI=1S/C11H14ClF2N3O4/c1-2-21-10(19)8-9(12)17-11(16-8)15-7(18)3-4-20-5-6(13)14/h6H,2-5H2,1H3,(H2,15,16,17,18). The number of hydrogen-bond donors (Lipinski definition) is 2. The molecule has 0 bridgehead atoms. The molecule has 0 aliphatic heterocycles. The van der Waals surface area contributed by atoms with Crippen LogP contribution in [0.4, 0.5) is 14.7 Å². The number of nitrogens with zero attached hydrogens (tertiary/aromatic N) is 1. The zero-order chi connectivity index (χ0) is 15.8. The summed E-state index contributed by atoms with van der Waals surface area (Å²) in [6.45, 7) is 0.897. The maximum absolute atomic E-state index is 11.8. The number of ether oxygens (including phenoxy) is 2. The van der Waals surface area contributed by atoms with Crippen LogP contribution in [0.15, 0.2) is 0 Å². The number of anilines is 1. The Hall–Kier alpha value is -1.74. The van der Waals surface area contributed by atoms with E-state index in [9.17, 15) is 18.4 Å². The van der Waals surface area contributed by atoms with Crippen molar-refractivity contribution in [3.63, 3.8) is 0 Å². The van der Waals surface area contributed by atoms with E-state index < -0.39 is 24.9 Å². The fourth-order valence-electron chi connectivity index (χ4n) is 1.28. The molecule has 2 N–H and O–H groups in total. The SMILES string of the molecule is CCOC(=O)c1nc(NC(=O)CCOCC(F)F)[nH]c1Cl. The fraction of sp³-hybridized carbons (Fsp3) is 0.545. The summed E-state index contributed by atoms with van der Waals surface area (Å²) in [4.78, 5) is 29.2. The number of aromatic nitrogens is 2. The second-order valence-electron chi connectivity index (χ2n) is 3.73. The van der Waals surface area contributed by atoms with Gasteiger partial charge in [0.25, 0.3) is 6.43 Å². The smallest absolute Gasteiger partial charge is 0.360 e. The number of imidazole rings is 1. The zero-order valence-electron chi connectivity index (χ0n) is 11.1. The number of aromatic amines is 1. The normalized spacial score (nSPS) is 10.7. The van der Waals surface area contributed by atoms with E-state index in [0.29, 0.717) is 0 Å². The number of carbonyl (C=O) groups is 2. The van der Waals surface area contributed by atoms with Gasteiger partial charge in [-0.25, -0.2) is 18.6 Å². The minimum atomic E-state index is -2.58. The summed E-state index contributed by atoms with van der Waals surface area (Å²) in [6.07, 6.45) is -2.72. The monoisotopic (exact) mass is 325 g/mol. The number of halogens is 3. The molecule has 1 heterocycles. The lowest BCUT2D eigenvalue weighted by atomic mass is 10.4. The first-order chi connectivity index (χ1) is 9.93. The molecule has 1 aromatic rings. The van der Waals surface area contributed by atoms with Gasteiger partial charge >= 0.3 is 5.97 Å². The van der Waals surface area contributed by atoms with E-state index >= 15 is 0 Å². The number of H-pyrrole nitrogens is 1. The Morgan fingerprint density at radius 1 is 1.48 bits per heavy atom. The van der Waals surface area contributed by atoms with Crippen LogP contribution in [0.25, 0.3) is 0 Å². The molecule has 0 fully saturated rings. The number of amides is 1. The Labute approximate surface area is 124 Å². The molecular weight excluding hydrogens is 312 g/mol. The molecule has 0 unspecified atom stereocenters. The molecule has 0 aliphatic rings. The molecule has 118 valence electrons. The third-order valence-electron chi connectivity index (χ3n) is 2.10. The third-order valence-corrected chi connectivity index (χ3v) is 2.38. The Bertz CT molecular complexity index is 496. The molecule has 0 saturated carbocycles. The van der Waals surface area contributed by atoms with Crippen molar-refractivity contribution >= 4 is 29.4 Å². The predicted octanol–water partition coefficient (Wildman–Crippen LogP) is 1.85. The van der Waals surface area contributed by atoms with Crippen LogP contribution in [0.2, 0.25) is 5.15 Å². The topological polar surface area (TPSA) is 93.3 Å². The molecular formula is C11H14ClF2N3O4. The van der Waals surface area contributed by atoms with Crippen molar-refractivity contribution in [2.45, 2.75) is 19.8 Å². The van der Waals surface area contributed by atoms with Crippen LogP contribution in [0.5, 0.6) is 0 Å². The summed E-state index contributed by atoms with van der Waals surface area (Å²) in [7, 11) is 0. The molecule has 0 atom stereocenters. The largest absolute Gasteiger partial charge is 0.461 e. The minimum Gasteiger partial charge on any atom is -0.461 e. The first kappa shape index (κ1) is 17.3. The number of nitrogens with one attached hydrogen (secondary N) is 2. The molecule has 0 aliphatic carbocycles. The average molecular weight is 326 g/mol. The highest BCUT2D eigenvalue weighted by Crippen LogP contribution is 2.16. The maximum atomic E-state index is 11.8. The van der Waals surface area contributed by atoms with Crippen LogP contribution in [-0.2, 0) is 14.3 Å².